The van der Waals surface area contributed by atoms with Gasteiger partial charge in [0, 0.05) is 18.7 Å². The minimum atomic E-state index is -4.64. The molecule has 226 valence electrons. The molecular formula is C29H32F3N3O6S. The lowest BCUT2D eigenvalue weighted by atomic mass is 9.89. The lowest BCUT2D eigenvalue weighted by Gasteiger charge is -2.34. The highest BCUT2D eigenvalue weighted by atomic mass is 32.2. The van der Waals surface area contributed by atoms with Crippen LogP contribution in [0.5, 0.6) is 5.75 Å². The van der Waals surface area contributed by atoms with Gasteiger partial charge in [-0.15, -0.1) is 6.58 Å². The number of piperidine rings is 1. The van der Waals surface area contributed by atoms with Crippen molar-refractivity contribution in [3.05, 3.63) is 76.9 Å². The van der Waals surface area contributed by atoms with Gasteiger partial charge in [-0.25, -0.2) is 17.5 Å². The Morgan fingerprint density at radius 1 is 1.19 bits per heavy atom. The van der Waals surface area contributed by atoms with Crippen molar-refractivity contribution in [1.29, 1.82) is 0 Å². The van der Waals surface area contributed by atoms with Gasteiger partial charge in [-0.1, -0.05) is 12.1 Å². The Kier molecular flexibility index (Phi) is 9.12. The zero-order chi connectivity index (χ0) is 30.7. The van der Waals surface area contributed by atoms with Crippen LogP contribution in [0.3, 0.4) is 0 Å². The Morgan fingerprint density at radius 3 is 2.52 bits per heavy atom. The van der Waals surface area contributed by atoms with Gasteiger partial charge in [-0.05, 0) is 74.1 Å². The summed E-state index contributed by atoms with van der Waals surface area (Å²) in [5.74, 6) is -1.16. The zero-order valence-electron chi connectivity index (χ0n) is 23.3. The van der Waals surface area contributed by atoms with Crippen LogP contribution in [0.1, 0.15) is 51.9 Å². The van der Waals surface area contributed by atoms with E-state index in [-0.39, 0.29) is 61.9 Å². The van der Waals surface area contributed by atoms with Crippen LogP contribution in [-0.4, -0.2) is 68.5 Å². The summed E-state index contributed by atoms with van der Waals surface area (Å²) in [7, 11) is -2.40. The molecule has 1 fully saturated rings. The maximum absolute atomic E-state index is 13.6. The van der Waals surface area contributed by atoms with Crippen molar-refractivity contribution in [2.24, 2.45) is 4.99 Å². The Morgan fingerprint density at radius 2 is 1.90 bits per heavy atom. The third-order valence-corrected chi connectivity index (χ3v) is 9.29. The summed E-state index contributed by atoms with van der Waals surface area (Å²) in [6, 6.07) is 8.10. The van der Waals surface area contributed by atoms with Gasteiger partial charge in [0.05, 0.1) is 30.6 Å². The Bertz CT molecular complexity index is 1510. The van der Waals surface area contributed by atoms with E-state index >= 15 is 0 Å². The number of hydrogen-bond acceptors (Lipinski definition) is 7. The Hall–Kier alpha value is -3.71. The van der Waals surface area contributed by atoms with Crippen LogP contribution >= 0.6 is 0 Å². The summed E-state index contributed by atoms with van der Waals surface area (Å²) in [4.78, 5) is 29.3. The predicted octanol–water partition coefficient (Wildman–Crippen LogP) is 4.04. The minimum Gasteiger partial charge on any atom is -0.493 e. The number of carbonyl (C=O) groups excluding carboxylic acids is 2. The van der Waals surface area contributed by atoms with Gasteiger partial charge in [-0.3, -0.25) is 9.79 Å². The standard InChI is InChI=1S/C29H32F3N3O6S/c1-4-5-13-41-24-17-22(16-23(18-24)29(30,31)32)25-33-27(37)28(34-25)9-11-35(12-10-28)42(38,39)14-8-20-6-7-21(15-19(20)2)26(36)40-3/h4,6-7,15-18H,1,5,8-14H2,2-3H3,(H,33,34,37). The fourth-order valence-electron chi connectivity index (χ4n) is 4.96. The molecule has 13 heteroatoms. The maximum atomic E-state index is 13.6. The number of aryl methyl sites for hydroxylation is 2. The molecule has 2 aromatic rings. The first-order valence-corrected chi connectivity index (χ1v) is 14.9. The molecular weight excluding hydrogens is 575 g/mol. The number of methoxy groups -OCH3 is 1. The first-order valence-electron chi connectivity index (χ1n) is 13.3. The van der Waals surface area contributed by atoms with E-state index < -0.39 is 39.2 Å². The number of esters is 1. The summed E-state index contributed by atoms with van der Waals surface area (Å²) < 4.78 is 78.5. The quantitative estimate of drug-likeness (QED) is 0.248. The van der Waals surface area contributed by atoms with Gasteiger partial charge in [0.15, 0.2) is 0 Å². The van der Waals surface area contributed by atoms with Gasteiger partial charge in [0.2, 0.25) is 10.0 Å². The number of sulfonamides is 1. The van der Waals surface area contributed by atoms with Gasteiger partial charge < -0.3 is 14.8 Å². The fourth-order valence-corrected chi connectivity index (χ4v) is 6.43. The third-order valence-electron chi connectivity index (χ3n) is 7.41. The molecule has 0 unspecified atom stereocenters. The zero-order valence-corrected chi connectivity index (χ0v) is 24.1. The number of ether oxygens (including phenoxy) is 2. The van der Waals surface area contributed by atoms with Crippen molar-refractivity contribution in [2.45, 2.75) is 44.3 Å². The average molecular weight is 608 g/mol. The van der Waals surface area contributed by atoms with E-state index in [4.69, 9.17) is 9.47 Å². The van der Waals surface area contributed by atoms with Crippen molar-refractivity contribution in [2.75, 3.05) is 32.6 Å². The number of rotatable bonds is 10. The van der Waals surface area contributed by atoms with Crippen LogP contribution in [0, 0.1) is 6.92 Å². The molecule has 2 heterocycles. The highest BCUT2D eigenvalue weighted by molar-refractivity contribution is 7.89. The Labute approximate surface area is 242 Å². The largest absolute Gasteiger partial charge is 0.493 e. The molecule has 1 spiro atoms. The van der Waals surface area contributed by atoms with E-state index in [2.05, 4.69) is 16.9 Å². The lowest BCUT2D eigenvalue weighted by Crippen LogP contribution is -2.50. The van der Waals surface area contributed by atoms with Crippen LogP contribution < -0.4 is 10.1 Å². The van der Waals surface area contributed by atoms with E-state index in [1.54, 1.807) is 31.2 Å². The van der Waals surface area contributed by atoms with Crippen LogP contribution in [-0.2, 0) is 32.2 Å². The molecule has 1 saturated heterocycles. The van der Waals surface area contributed by atoms with Gasteiger partial charge in [0.1, 0.15) is 17.1 Å². The molecule has 9 nitrogen and oxygen atoms in total. The van der Waals surface area contributed by atoms with E-state index in [0.717, 1.165) is 23.3 Å². The Balaban J connectivity index is 1.46. The van der Waals surface area contributed by atoms with Crippen LogP contribution in [0.15, 0.2) is 54.0 Å². The number of nitrogens with zero attached hydrogens (tertiary/aromatic N) is 2. The minimum absolute atomic E-state index is 0.0122. The summed E-state index contributed by atoms with van der Waals surface area (Å²) in [5, 5.41) is 2.60. The lowest BCUT2D eigenvalue weighted by molar-refractivity contribution is -0.137. The van der Waals surface area contributed by atoms with Gasteiger partial charge in [0.25, 0.3) is 5.91 Å². The molecule has 42 heavy (non-hydrogen) atoms. The summed E-state index contributed by atoms with van der Waals surface area (Å²) in [5.41, 5.74) is -0.258. The van der Waals surface area contributed by atoms with Crippen molar-refractivity contribution in [1.82, 2.24) is 9.62 Å². The normalized spacial score (nSPS) is 17.1. The molecule has 4 rings (SSSR count). The number of aliphatic imine (C=N–C) groups is 1. The first-order chi connectivity index (χ1) is 19.8. The third kappa shape index (κ3) is 6.84. The molecule has 2 aromatic carbocycles. The molecule has 0 radical (unpaired) electrons. The molecule has 0 aliphatic carbocycles. The van der Waals surface area contributed by atoms with E-state index in [1.807, 2.05) is 0 Å². The monoisotopic (exact) mass is 607 g/mol. The second kappa shape index (κ2) is 12.3. The molecule has 1 amide bonds. The number of amides is 1. The molecule has 2 aliphatic heterocycles. The molecule has 2 aliphatic rings. The molecule has 0 saturated carbocycles. The van der Waals surface area contributed by atoms with Crippen molar-refractivity contribution in [3.63, 3.8) is 0 Å². The number of alkyl halides is 3. The summed E-state index contributed by atoms with van der Waals surface area (Å²) in [6.07, 6.45) is -2.24. The van der Waals surface area contributed by atoms with Crippen molar-refractivity contribution >= 4 is 27.7 Å². The maximum Gasteiger partial charge on any atom is 0.416 e. The molecule has 1 N–H and O–H groups in total. The van der Waals surface area contributed by atoms with E-state index in [9.17, 15) is 31.2 Å². The van der Waals surface area contributed by atoms with Gasteiger partial charge in [-0.2, -0.15) is 13.2 Å². The fraction of sp³-hybridized carbons (Fsp3) is 0.414. The summed E-state index contributed by atoms with van der Waals surface area (Å²) in [6.45, 7) is 5.55. The molecule has 0 bridgehead atoms. The number of benzene rings is 2. The topological polar surface area (TPSA) is 114 Å². The molecule has 0 aromatic heterocycles. The summed E-state index contributed by atoms with van der Waals surface area (Å²) >= 11 is 0. The number of amidine groups is 1. The second-order valence-corrected chi connectivity index (χ2v) is 12.3. The number of hydrogen-bond donors (Lipinski definition) is 1. The smallest absolute Gasteiger partial charge is 0.416 e. The van der Waals surface area contributed by atoms with Crippen LogP contribution in [0.4, 0.5) is 13.2 Å². The van der Waals surface area contributed by atoms with E-state index in [0.29, 0.717) is 12.0 Å². The van der Waals surface area contributed by atoms with Crippen LogP contribution in [0.2, 0.25) is 0 Å². The van der Waals surface area contributed by atoms with Gasteiger partial charge >= 0.3 is 12.1 Å². The first kappa shape index (κ1) is 31.2. The molecule has 0 atom stereocenters. The number of halogens is 3. The van der Waals surface area contributed by atoms with Crippen molar-refractivity contribution in [3.8, 4) is 5.75 Å². The number of carbonyl (C=O) groups is 2. The average Bonchev–Trinajstić information content (AvgIpc) is 3.26. The second-order valence-electron chi connectivity index (χ2n) is 10.2. The predicted molar refractivity (Wildman–Crippen MR) is 150 cm³/mol. The number of nitrogens with one attached hydrogen (secondary N) is 1. The SMILES string of the molecule is C=CCCOc1cc(C2=NC3(CCN(S(=O)(=O)CCc4ccc(C(=O)OC)cc4C)CC3)C(=O)N2)cc(C(F)(F)F)c1. The highest BCUT2D eigenvalue weighted by Crippen LogP contribution is 2.36. The van der Waals surface area contributed by atoms with E-state index in [1.165, 1.54) is 17.5 Å². The van der Waals surface area contributed by atoms with Crippen LogP contribution in [0.25, 0.3) is 0 Å². The highest BCUT2D eigenvalue weighted by Gasteiger charge is 2.47. The van der Waals surface area contributed by atoms with Crippen molar-refractivity contribution < 1.29 is 40.7 Å².